The topological polar surface area (TPSA) is 68.0 Å². The lowest BCUT2D eigenvalue weighted by atomic mass is 10.1. The Morgan fingerprint density at radius 3 is 2.74 bits per heavy atom. The summed E-state index contributed by atoms with van der Waals surface area (Å²) in [5.74, 6) is 0.332. The molecule has 6 heteroatoms. The van der Waals surface area contributed by atoms with Gasteiger partial charge in [-0.15, -0.1) is 11.8 Å². The van der Waals surface area contributed by atoms with Crippen molar-refractivity contribution in [2.45, 2.75) is 17.6 Å². The summed E-state index contributed by atoms with van der Waals surface area (Å²) in [6.45, 7) is 2.10. The zero-order chi connectivity index (χ0) is 13.7. The molecule has 0 saturated heterocycles. The van der Waals surface area contributed by atoms with Crippen molar-refractivity contribution in [1.82, 2.24) is 4.98 Å². The third-order valence-corrected chi connectivity index (χ3v) is 4.51. The predicted octanol–water partition coefficient (Wildman–Crippen LogP) is 3.02. The summed E-state index contributed by atoms with van der Waals surface area (Å²) in [4.78, 5) is 15.7. The van der Waals surface area contributed by atoms with Gasteiger partial charge in [0.2, 0.25) is 5.91 Å². The van der Waals surface area contributed by atoms with Crippen molar-refractivity contribution in [2.75, 3.05) is 16.8 Å². The average molecular weight is 293 g/mol. The van der Waals surface area contributed by atoms with E-state index in [1.54, 1.807) is 6.20 Å². The maximum atomic E-state index is 11.8. The van der Waals surface area contributed by atoms with E-state index >= 15 is 0 Å². The molecule has 0 unspecified atom stereocenters. The molecule has 1 aromatic heterocycles. The number of rotatable bonds is 5. The maximum Gasteiger partial charge on any atom is 0.234 e. The minimum absolute atomic E-state index is 0.0266. The Labute approximate surface area is 120 Å². The van der Waals surface area contributed by atoms with Gasteiger partial charge in [-0.25, -0.2) is 4.98 Å². The molecule has 100 valence electrons. The molecular weight excluding hydrogens is 278 g/mol. The van der Waals surface area contributed by atoms with E-state index in [0.29, 0.717) is 10.9 Å². The van der Waals surface area contributed by atoms with Crippen LogP contribution in [0.3, 0.4) is 0 Å². The number of nitrogens with zero attached hydrogens (tertiary/aromatic N) is 1. The molecule has 0 aliphatic heterocycles. The first-order chi connectivity index (χ1) is 9.17. The summed E-state index contributed by atoms with van der Waals surface area (Å²) in [7, 11) is 0. The number of nitrogens with two attached hydrogens (primary N) is 1. The minimum Gasteiger partial charge on any atom is -0.375 e. The number of hydrogen-bond donors (Lipinski definition) is 2. The third-order valence-electron chi connectivity index (χ3n) is 2.49. The first-order valence-corrected chi connectivity index (χ1v) is 7.70. The first kappa shape index (κ1) is 13.9. The van der Waals surface area contributed by atoms with Crippen molar-refractivity contribution in [3.63, 3.8) is 0 Å². The Hall–Kier alpha value is -1.53. The second kappa shape index (κ2) is 6.58. The van der Waals surface area contributed by atoms with Gasteiger partial charge in [0.1, 0.15) is 0 Å². The molecule has 0 aliphatic rings. The Bertz CT molecular complexity index is 551. The quantitative estimate of drug-likeness (QED) is 0.832. The fraction of sp³-hybridized carbons (Fsp3) is 0.231. The van der Waals surface area contributed by atoms with Crippen LogP contribution in [-0.2, 0) is 11.2 Å². The van der Waals surface area contributed by atoms with Crippen molar-refractivity contribution in [2.24, 2.45) is 0 Å². The highest BCUT2D eigenvalue weighted by Crippen LogP contribution is 2.26. The number of carbonyl (C=O) groups is 1. The molecule has 4 nitrogen and oxygen atoms in total. The Balaban J connectivity index is 1.83. The highest BCUT2D eigenvalue weighted by molar-refractivity contribution is 8.01. The van der Waals surface area contributed by atoms with Crippen LogP contribution in [0.25, 0.3) is 0 Å². The molecule has 1 amide bonds. The maximum absolute atomic E-state index is 11.8. The predicted molar refractivity (Wildman–Crippen MR) is 81.7 cm³/mol. The standard InChI is InChI=1S/C13H15N3OS2/c1-2-9-3-5-10(6-4-9)16-11(17)8-18-12-7-15-13(14)19-12/h3-7H,2,8H2,1H3,(H2,14,15)(H,16,17). The zero-order valence-electron chi connectivity index (χ0n) is 10.6. The van der Waals surface area contributed by atoms with Gasteiger partial charge < -0.3 is 11.1 Å². The molecule has 0 radical (unpaired) electrons. The largest absolute Gasteiger partial charge is 0.375 e. The van der Waals surface area contributed by atoms with Crippen molar-refractivity contribution >= 4 is 39.8 Å². The molecule has 0 aliphatic carbocycles. The smallest absolute Gasteiger partial charge is 0.234 e. The lowest BCUT2D eigenvalue weighted by molar-refractivity contribution is -0.113. The third kappa shape index (κ3) is 4.25. The fourth-order valence-corrected chi connectivity index (χ4v) is 3.05. The van der Waals surface area contributed by atoms with Crippen LogP contribution in [0.4, 0.5) is 10.8 Å². The fourth-order valence-electron chi connectivity index (χ4n) is 1.50. The molecular formula is C13H15N3OS2. The van der Waals surface area contributed by atoms with Crippen LogP contribution in [0, 0.1) is 0 Å². The van der Waals surface area contributed by atoms with Crippen LogP contribution in [0.5, 0.6) is 0 Å². The summed E-state index contributed by atoms with van der Waals surface area (Å²) < 4.78 is 0.953. The highest BCUT2D eigenvalue weighted by atomic mass is 32.2. The number of carbonyl (C=O) groups excluding carboxylic acids is 1. The van der Waals surface area contributed by atoms with Crippen molar-refractivity contribution < 1.29 is 4.79 Å². The van der Waals surface area contributed by atoms with E-state index in [1.165, 1.54) is 28.7 Å². The summed E-state index contributed by atoms with van der Waals surface area (Å²) >= 11 is 2.83. The molecule has 3 N–H and O–H groups in total. The normalized spacial score (nSPS) is 10.4. The number of nitrogen functional groups attached to an aromatic ring is 1. The second-order valence-electron chi connectivity index (χ2n) is 3.90. The Kier molecular flexibility index (Phi) is 4.81. The monoisotopic (exact) mass is 293 g/mol. The molecule has 2 rings (SSSR count). The van der Waals surface area contributed by atoms with Gasteiger partial charge in [-0.05, 0) is 24.1 Å². The van der Waals surface area contributed by atoms with Gasteiger partial charge in [-0.3, -0.25) is 4.79 Å². The van der Waals surface area contributed by atoms with Crippen molar-refractivity contribution in [3.05, 3.63) is 36.0 Å². The van der Waals surface area contributed by atoms with Gasteiger partial charge in [0, 0.05) is 5.69 Å². The number of aryl methyl sites for hydroxylation is 1. The molecule has 0 bridgehead atoms. The number of nitrogens with one attached hydrogen (secondary N) is 1. The molecule has 0 spiro atoms. The molecule has 2 aromatic rings. The van der Waals surface area contributed by atoms with E-state index < -0.39 is 0 Å². The summed E-state index contributed by atoms with van der Waals surface area (Å²) in [6.07, 6.45) is 2.69. The molecule has 1 heterocycles. The lowest BCUT2D eigenvalue weighted by Crippen LogP contribution is -2.13. The van der Waals surface area contributed by atoms with Gasteiger partial charge in [0.15, 0.2) is 5.13 Å². The number of hydrogen-bond acceptors (Lipinski definition) is 5. The Morgan fingerprint density at radius 2 is 2.16 bits per heavy atom. The highest BCUT2D eigenvalue weighted by Gasteiger charge is 2.05. The van der Waals surface area contributed by atoms with Crippen LogP contribution in [-0.4, -0.2) is 16.6 Å². The van der Waals surface area contributed by atoms with Gasteiger partial charge in [0.25, 0.3) is 0 Å². The molecule has 0 fully saturated rings. The van der Waals surface area contributed by atoms with E-state index in [9.17, 15) is 4.79 Å². The number of thioether (sulfide) groups is 1. The lowest BCUT2D eigenvalue weighted by Gasteiger charge is -2.05. The van der Waals surface area contributed by atoms with Gasteiger partial charge in [0.05, 0.1) is 16.2 Å². The van der Waals surface area contributed by atoms with Crippen molar-refractivity contribution in [3.8, 4) is 0 Å². The summed E-state index contributed by atoms with van der Waals surface area (Å²) in [5.41, 5.74) is 7.61. The molecule has 1 aromatic carbocycles. The van der Waals surface area contributed by atoms with Crippen LogP contribution < -0.4 is 11.1 Å². The van der Waals surface area contributed by atoms with E-state index in [0.717, 1.165) is 16.3 Å². The van der Waals surface area contributed by atoms with Gasteiger partial charge >= 0.3 is 0 Å². The SMILES string of the molecule is CCc1ccc(NC(=O)CSc2cnc(N)s2)cc1. The number of amides is 1. The second-order valence-corrected chi connectivity index (χ2v) is 6.24. The molecule has 0 saturated carbocycles. The number of anilines is 2. The van der Waals surface area contributed by atoms with Gasteiger partial charge in [-0.2, -0.15) is 0 Å². The van der Waals surface area contributed by atoms with Crippen molar-refractivity contribution in [1.29, 1.82) is 0 Å². The summed E-state index contributed by atoms with van der Waals surface area (Å²) in [5, 5.41) is 3.39. The average Bonchev–Trinajstić information content (AvgIpc) is 2.83. The minimum atomic E-state index is -0.0266. The van der Waals surface area contributed by atoms with E-state index in [2.05, 4.69) is 17.2 Å². The van der Waals surface area contributed by atoms with Crippen LogP contribution in [0.2, 0.25) is 0 Å². The molecule has 0 atom stereocenters. The Morgan fingerprint density at radius 1 is 1.42 bits per heavy atom. The van der Waals surface area contributed by atoms with Crippen LogP contribution in [0.15, 0.2) is 34.7 Å². The van der Waals surface area contributed by atoms with E-state index in [-0.39, 0.29) is 5.91 Å². The van der Waals surface area contributed by atoms with Crippen LogP contribution in [0.1, 0.15) is 12.5 Å². The molecule has 19 heavy (non-hydrogen) atoms. The first-order valence-electron chi connectivity index (χ1n) is 5.90. The number of benzene rings is 1. The summed E-state index contributed by atoms with van der Waals surface area (Å²) in [6, 6.07) is 7.89. The van der Waals surface area contributed by atoms with Gasteiger partial charge in [-0.1, -0.05) is 30.4 Å². The van der Waals surface area contributed by atoms with E-state index in [1.807, 2.05) is 24.3 Å². The number of thiazole rings is 1. The number of aromatic nitrogens is 1. The van der Waals surface area contributed by atoms with E-state index in [4.69, 9.17) is 5.73 Å². The van der Waals surface area contributed by atoms with Crippen LogP contribution >= 0.6 is 23.1 Å². The zero-order valence-corrected chi connectivity index (χ0v) is 12.2.